The Hall–Kier alpha value is -2.28. The molecule has 0 bridgehead atoms. The fourth-order valence-electron chi connectivity index (χ4n) is 2.70. The fourth-order valence-corrected chi connectivity index (χ4v) is 2.70. The number of amides is 3. The summed E-state index contributed by atoms with van der Waals surface area (Å²) in [5.74, 6) is 0.528. The number of urea groups is 1. The van der Waals surface area contributed by atoms with Crippen LogP contribution in [0.25, 0.3) is 0 Å². The predicted octanol–water partition coefficient (Wildman–Crippen LogP) is 0.791. The number of rotatable bonds is 6. The molecule has 1 heterocycles. The molecule has 0 aliphatic carbocycles. The zero-order valence-electron chi connectivity index (χ0n) is 13.6. The summed E-state index contributed by atoms with van der Waals surface area (Å²) in [6, 6.07) is 7.20. The van der Waals surface area contributed by atoms with E-state index in [0.29, 0.717) is 13.1 Å². The molecule has 2 rings (SSSR count). The van der Waals surface area contributed by atoms with E-state index < -0.39 is 6.03 Å². The van der Waals surface area contributed by atoms with Gasteiger partial charge in [-0.1, -0.05) is 12.1 Å². The van der Waals surface area contributed by atoms with Gasteiger partial charge in [0.05, 0.1) is 12.2 Å². The maximum Gasteiger partial charge on any atom is 0.318 e. The van der Waals surface area contributed by atoms with Gasteiger partial charge in [-0.2, -0.15) is 0 Å². The fraction of sp³-hybridized carbons (Fsp3) is 0.500. The van der Waals surface area contributed by atoms with E-state index in [9.17, 15) is 9.59 Å². The van der Waals surface area contributed by atoms with Crippen LogP contribution in [-0.4, -0.2) is 56.2 Å². The van der Waals surface area contributed by atoms with Crippen LogP contribution < -0.4 is 20.7 Å². The van der Waals surface area contributed by atoms with Crippen LogP contribution in [0, 0.1) is 0 Å². The van der Waals surface area contributed by atoms with Crippen molar-refractivity contribution >= 4 is 17.6 Å². The number of para-hydroxylation sites is 2. The van der Waals surface area contributed by atoms with E-state index in [4.69, 9.17) is 10.5 Å². The van der Waals surface area contributed by atoms with Gasteiger partial charge in [-0.3, -0.25) is 10.1 Å². The Morgan fingerprint density at radius 1 is 1.43 bits per heavy atom. The molecule has 1 atom stereocenters. The molecule has 0 saturated carbocycles. The van der Waals surface area contributed by atoms with Crippen molar-refractivity contribution < 1.29 is 14.3 Å². The number of ether oxygens (including phenoxy) is 1. The van der Waals surface area contributed by atoms with Crippen molar-refractivity contribution in [1.29, 1.82) is 0 Å². The van der Waals surface area contributed by atoms with Crippen LogP contribution in [0.4, 0.5) is 10.5 Å². The Balaban J connectivity index is 1.86. The van der Waals surface area contributed by atoms with E-state index in [-0.39, 0.29) is 18.4 Å². The van der Waals surface area contributed by atoms with Crippen molar-refractivity contribution in [2.24, 2.45) is 5.73 Å². The number of carbonyl (C=O) groups is 2. The Morgan fingerprint density at radius 3 is 2.87 bits per heavy atom. The SMILES string of the molecule is CCN1C[C@@H](CN(C)CCC(=O)NC(N)=O)Oc2ccccc21. The molecule has 7 heteroatoms. The molecule has 23 heavy (non-hydrogen) atoms. The van der Waals surface area contributed by atoms with E-state index in [0.717, 1.165) is 24.5 Å². The van der Waals surface area contributed by atoms with Crippen LogP contribution in [0.1, 0.15) is 13.3 Å². The van der Waals surface area contributed by atoms with Gasteiger partial charge in [0, 0.05) is 26.1 Å². The zero-order valence-corrected chi connectivity index (χ0v) is 13.6. The number of anilines is 1. The number of imide groups is 1. The third-order valence-electron chi connectivity index (χ3n) is 3.80. The molecule has 7 nitrogen and oxygen atoms in total. The summed E-state index contributed by atoms with van der Waals surface area (Å²) in [5, 5.41) is 2.06. The molecule has 1 aliphatic rings. The number of hydrogen-bond acceptors (Lipinski definition) is 5. The monoisotopic (exact) mass is 320 g/mol. The number of fused-ring (bicyclic) bond motifs is 1. The Labute approximate surface area is 136 Å². The average Bonchev–Trinajstić information content (AvgIpc) is 2.51. The molecule has 0 saturated heterocycles. The largest absolute Gasteiger partial charge is 0.485 e. The smallest absolute Gasteiger partial charge is 0.318 e. The topological polar surface area (TPSA) is 87.9 Å². The van der Waals surface area contributed by atoms with Crippen molar-refractivity contribution in [3.63, 3.8) is 0 Å². The number of hydrogen-bond donors (Lipinski definition) is 2. The van der Waals surface area contributed by atoms with Gasteiger partial charge < -0.3 is 20.3 Å². The molecule has 1 aliphatic heterocycles. The van der Waals surface area contributed by atoms with Crippen molar-refractivity contribution in [3.8, 4) is 5.75 Å². The second kappa shape index (κ2) is 7.82. The molecule has 3 amide bonds. The van der Waals surface area contributed by atoms with E-state index in [1.807, 2.05) is 30.1 Å². The van der Waals surface area contributed by atoms with Gasteiger partial charge in [-0.05, 0) is 26.1 Å². The van der Waals surface area contributed by atoms with Gasteiger partial charge in [-0.25, -0.2) is 4.79 Å². The van der Waals surface area contributed by atoms with E-state index in [1.54, 1.807) is 0 Å². The number of primary amides is 1. The standard InChI is InChI=1S/C16H24N4O3/c1-3-20-11-12(23-14-7-5-4-6-13(14)20)10-19(2)9-8-15(21)18-16(17)22/h4-7,12H,3,8-11H2,1-2H3,(H3,17,18,21,22)/t12-/m1/s1. The van der Waals surface area contributed by atoms with Crippen molar-refractivity contribution in [2.75, 3.05) is 38.1 Å². The van der Waals surface area contributed by atoms with Gasteiger partial charge in [-0.15, -0.1) is 0 Å². The molecular weight excluding hydrogens is 296 g/mol. The Kier molecular flexibility index (Phi) is 5.81. The molecule has 0 unspecified atom stereocenters. The lowest BCUT2D eigenvalue weighted by atomic mass is 10.2. The van der Waals surface area contributed by atoms with Crippen molar-refractivity contribution in [1.82, 2.24) is 10.2 Å². The average molecular weight is 320 g/mol. The lowest BCUT2D eigenvalue weighted by Gasteiger charge is -2.37. The number of nitrogens with zero attached hydrogens (tertiary/aromatic N) is 2. The first-order valence-corrected chi connectivity index (χ1v) is 7.78. The molecular formula is C16H24N4O3. The van der Waals surface area contributed by atoms with Crippen LogP contribution >= 0.6 is 0 Å². The minimum Gasteiger partial charge on any atom is -0.485 e. The number of benzene rings is 1. The second-order valence-electron chi connectivity index (χ2n) is 5.67. The third kappa shape index (κ3) is 4.85. The summed E-state index contributed by atoms with van der Waals surface area (Å²) < 4.78 is 6.05. The maximum absolute atomic E-state index is 11.4. The van der Waals surface area contributed by atoms with Crippen LogP contribution in [-0.2, 0) is 4.79 Å². The molecule has 126 valence electrons. The molecule has 0 spiro atoms. The van der Waals surface area contributed by atoms with Crippen LogP contribution in [0.3, 0.4) is 0 Å². The highest BCUT2D eigenvalue weighted by atomic mass is 16.5. The van der Waals surface area contributed by atoms with Crippen molar-refractivity contribution in [3.05, 3.63) is 24.3 Å². The zero-order chi connectivity index (χ0) is 16.8. The molecule has 0 radical (unpaired) electrons. The third-order valence-corrected chi connectivity index (χ3v) is 3.80. The van der Waals surface area contributed by atoms with Crippen LogP contribution in [0.15, 0.2) is 24.3 Å². The molecule has 1 aromatic carbocycles. The summed E-state index contributed by atoms with van der Waals surface area (Å²) in [5.41, 5.74) is 6.04. The number of nitrogens with one attached hydrogen (secondary N) is 1. The van der Waals surface area contributed by atoms with E-state index >= 15 is 0 Å². The van der Waals surface area contributed by atoms with E-state index in [1.165, 1.54) is 0 Å². The highest BCUT2D eigenvalue weighted by molar-refractivity contribution is 5.93. The lowest BCUT2D eigenvalue weighted by Crippen LogP contribution is -2.46. The quantitative estimate of drug-likeness (QED) is 0.809. The molecule has 3 N–H and O–H groups in total. The first kappa shape index (κ1) is 17.1. The summed E-state index contributed by atoms with van der Waals surface area (Å²) in [4.78, 5) is 26.4. The highest BCUT2D eigenvalue weighted by Crippen LogP contribution is 2.32. The lowest BCUT2D eigenvalue weighted by molar-refractivity contribution is -0.120. The second-order valence-corrected chi connectivity index (χ2v) is 5.67. The summed E-state index contributed by atoms with van der Waals surface area (Å²) >= 11 is 0. The maximum atomic E-state index is 11.4. The summed E-state index contributed by atoms with van der Waals surface area (Å²) in [6.45, 7) is 5.09. The minimum absolute atomic E-state index is 0.0362. The first-order valence-electron chi connectivity index (χ1n) is 7.78. The predicted molar refractivity (Wildman–Crippen MR) is 88.6 cm³/mol. The van der Waals surface area contributed by atoms with Gasteiger partial charge in [0.25, 0.3) is 0 Å². The summed E-state index contributed by atoms with van der Waals surface area (Å²) in [7, 11) is 1.93. The first-order chi connectivity index (χ1) is 11.0. The highest BCUT2D eigenvalue weighted by Gasteiger charge is 2.25. The van der Waals surface area contributed by atoms with Gasteiger partial charge in [0.15, 0.2) is 0 Å². The molecule has 1 aromatic rings. The molecule has 0 fully saturated rings. The van der Waals surface area contributed by atoms with Crippen molar-refractivity contribution in [2.45, 2.75) is 19.4 Å². The van der Waals surface area contributed by atoms with E-state index in [2.05, 4.69) is 23.2 Å². The van der Waals surface area contributed by atoms with Gasteiger partial charge in [0.1, 0.15) is 11.9 Å². The minimum atomic E-state index is -0.816. The summed E-state index contributed by atoms with van der Waals surface area (Å²) in [6.07, 6.45) is 0.259. The molecule has 0 aromatic heterocycles. The van der Waals surface area contributed by atoms with Crippen LogP contribution in [0.2, 0.25) is 0 Å². The number of likely N-dealkylation sites (N-methyl/N-ethyl adjacent to an activating group) is 2. The van der Waals surface area contributed by atoms with Gasteiger partial charge in [0.2, 0.25) is 5.91 Å². The normalized spacial score (nSPS) is 16.7. The number of carbonyl (C=O) groups excluding carboxylic acids is 2. The van der Waals surface area contributed by atoms with Gasteiger partial charge >= 0.3 is 6.03 Å². The Bertz CT molecular complexity index is 564. The number of nitrogens with two attached hydrogens (primary N) is 1. The Morgan fingerprint density at radius 2 is 2.17 bits per heavy atom. The van der Waals surface area contributed by atoms with Crippen LogP contribution in [0.5, 0.6) is 5.75 Å².